The molecule has 0 radical (unpaired) electrons. The third-order valence-electron chi connectivity index (χ3n) is 4.22. The molecule has 0 unspecified atom stereocenters. The molecule has 134 valence electrons. The van der Waals surface area contributed by atoms with Crippen LogP contribution < -0.4 is 9.47 Å². The predicted molar refractivity (Wildman–Crippen MR) is 105 cm³/mol. The molecular formula is C22H19N3O2. The van der Waals surface area contributed by atoms with Crippen LogP contribution in [0.3, 0.4) is 0 Å². The summed E-state index contributed by atoms with van der Waals surface area (Å²) in [5, 5.41) is 7.58. The number of aromatic amines is 1. The van der Waals surface area contributed by atoms with Gasteiger partial charge in [0.1, 0.15) is 17.2 Å². The molecule has 5 heteroatoms. The van der Waals surface area contributed by atoms with Crippen LogP contribution in [0.2, 0.25) is 0 Å². The van der Waals surface area contributed by atoms with Crippen LogP contribution in [0.15, 0.2) is 79.1 Å². The first-order chi connectivity index (χ1) is 13.3. The number of hydrogen-bond acceptors (Lipinski definition) is 4. The fourth-order valence-corrected chi connectivity index (χ4v) is 2.93. The Kier molecular flexibility index (Phi) is 4.83. The van der Waals surface area contributed by atoms with Gasteiger partial charge in [0.2, 0.25) is 6.79 Å². The van der Waals surface area contributed by atoms with Gasteiger partial charge >= 0.3 is 0 Å². The van der Waals surface area contributed by atoms with Crippen molar-refractivity contribution in [3.05, 3.63) is 84.8 Å². The number of H-pyrrole nitrogens is 1. The Balaban J connectivity index is 1.55. The molecule has 0 atom stereocenters. The van der Waals surface area contributed by atoms with Gasteiger partial charge in [-0.1, -0.05) is 30.3 Å². The summed E-state index contributed by atoms with van der Waals surface area (Å²) in [5.74, 6) is 1.50. The van der Waals surface area contributed by atoms with Crippen LogP contribution >= 0.6 is 0 Å². The topological polar surface area (TPSA) is 60.0 Å². The average molecular weight is 357 g/mol. The van der Waals surface area contributed by atoms with Crippen LogP contribution in [0.25, 0.3) is 22.4 Å². The van der Waals surface area contributed by atoms with Gasteiger partial charge in [0.05, 0.1) is 0 Å². The molecule has 2 heterocycles. The minimum Gasteiger partial charge on any atom is -0.458 e. The third-order valence-corrected chi connectivity index (χ3v) is 4.22. The molecule has 0 bridgehead atoms. The van der Waals surface area contributed by atoms with E-state index in [1.165, 1.54) is 0 Å². The van der Waals surface area contributed by atoms with Crippen molar-refractivity contribution in [2.45, 2.75) is 6.92 Å². The van der Waals surface area contributed by atoms with E-state index in [-0.39, 0.29) is 6.79 Å². The molecular weight excluding hydrogens is 338 g/mol. The second-order valence-electron chi connectivity index (χ2n) is 6.06. The Morgan fingerprint density at radius 1 is 0.815 bits per heavy atom. The molecule has 4 rings (SSSR count). The number of pyridine rings is 1. The van der Waals surface area contributed by atoms with E-state index in [2.05, 4.69) is 15.2 Å². The molecule has 5 nitrogen and oxygen atoms in total. The van der Waals surface area contributed by atoms with Gasteiger partial charge in [0.25, 0.3) is 0 Å². The number of ether oxygens (including phenoxy) is 2. The molecule has 2 aromatic heterocycles. The quantitative estimate of drug-likeness (QED) is 0.501. The Labute approximate surface area is 157 Å². The van der Waals surface area contributed by atoms with Gasteiger partial charge in [-0.25, -0.2) is 0 Å². The summed E-state index contributed by atoms with van der Waals surface area (Å²) in [5.41, 5.74) is 5.01. The second kappa shape index (κ2) is 7.74. The standard InChI is InChI=1S/C22H19N3O2/c1-16-21(17-10-12-23-13-11-17)22(25-24-16)18-6-5-9-20(14-18)27-15-26-19-7-3-2-4-8-19/h2-14H,15H2,1H3,(H,24,25). The highest BCUT2D eigenvalue weighted by molar-refractivity contribution is 5.82. The van der Waals surface area contributed by atoms with Crippen LogP contribution in [-0.4, -0.2) is 22.0 Å². The summed E-state index contributed by atoms with van der Waals surface area (Å²) in [6, 6.07) is 21.4. The number of benzene rings is 2. The van der Waals surface area contributed by atoms with E-state index in [4.69, 9.17) is 9.47 Å². The monoisotopic (exact) mass is 357 g/mol. The molecule has 0 amide bonds. The van der Waals surface area contributed by atoms with E-state index in [0.29, 0.717) is 0 Å². The number of aromatic nitrogens is 3. The smallest absolute Gasteiger partial charge is 0.230 e. The molecule has 0 saturated heterocycles. The first kappa shape index (κ1) is 16.8. The average Bonchev–Trinajstić information content (AvgIpc) is 3.11. The van der Waals surface area contributed by atoms with Gasteiger partial charge in [-0.05, 0) is 48.9 Å². The summed E-state index contributed by atoms with van der Waals surface area (Å²) < 4.78 is 11.4. The highest BCUT2D eigenvalue weighted by Gasteiger charge is 2.14. The summed E-state index contributed by atoms with van der Waals surface area (Å²) in [4.78, 5) is 4.10. The van der Waals surface area contributed by atoms with Crippen molar-refractivity contribution in [3.63, 3.8) is 0 Å². The lowest BCUT2D eigenvalue weighted by molar-refractivity contribution is 0.120. The Morgan fingerprint density at radius 2 is 1.56 bits per heavy atom. The zero-order chi connectivity index (χ0) is 18.5. The number of nitrogens with zero attached hydrogens (tertiary/aromatic N) is 2. The van der Waals surface area contributed by atoms with Gasteiger partial charge in [-0.15, -0.1) is 0 Å². The van der Waals surface area contributed by atoms with E-state index in [9.17, 15) is 0 Å². The maximum Gasteiger partial charge on any atom is 0.230 e. The molecule has 0 spiro atoms. The van der Waals surface area contributed by atoms with Crippen molar-refractivity contribution in [1.82, 2.24) is 15.2 Å². The van der Waals surface area contributed by atoms with Crippen LogP contribution in [0.4, 0.5) is 0 Å². The van der Waals surface area contributed by atoms with E-state index >= 15 is 0 Å². The van der Waals surface area contributed by atoms with Gasteiger partial charge in [-0.2, -0.15) is 5.10 Å². The largest absolute Gasteiger partial charge is 0.458 e. The Morgan fingerprint density at radius 3 is 2.37 bits per heavy atom. The molecule has 27 heavy (non-hydrogen) atoms. The fourth-order valence-electron chi connectivity index (χ4n) is 2.93. The maximum absolute atomic E-state index is 5.75. The highest BCUT2D eigenvalue weighted by atomic mass is 16.7. The van der Waals surface area contributed by atoms with Gasteiger partial charge < -0.3 is 9.47 Å². The van der Waals surface area contributed by atoms with Crippen molar-refractivity contribution in [2.24, 2.45) is 0 Å². The SMILES string of the molecule is Cc1[nH]nc(-c2cccc(OCOc3ccccc3)c2)c1-c1ccncc1. The summed E-state index contributed by atoms with van der Waals surface area (Å²) in [6.45, 7) is 2.16. The van der Waals surface area contributed by atoms with Crippen LogP contribution in [-0.2, 0) is 0 Å². The van der Waals surface area contributed by atoms with Crippen LogP contribution in [0.5, 0.6) is 11.5 Å². The van der Waals surface area contributed by atoms with E-state index in [1.54, 1.807) is 12.4 Å². The van der Waals surface area contributed by atoms with Crippen molar-refractivity contribution < 1.29 is 9.47 Å². The molecule has 0 saturated carbocycles. The molecule has 1 N–H and O–H groups in total. The van der Waals surface area contributed by atoms with Gasteiger partial charge in [-0.3, -0.25) is 10.1 Å². The lowest BCUT2D eigenvalue weighted by atomic mass is 10.00. The maximum atomic E-state index is 5.75. The van der Waals surface area contributed by atoms with E-state index < -0.39 is 0 Å². The fraction of sp³-hybridized carbons (Fsp3) is 0.0909. The molecule has 2 aromatic carbocycles. The minimum atomic E-state index is 0.143. The zero-order valence-corrected chi connectivity index (χ0v) is 14.9. The Bertz CT molecular complexity index is 1010. The lowest BCUT2D eigenvalue weighted by Crippen LogP contribution is -2.05. The number of hydrogen-bond donors (Lipinski definition) is 1. The normalized spacial score (nSPS) is 10.6. The van der Waals surface area contributed by atoms with Gasteiger partial charge in [0, 0.05) is 29.2 Å². The number of rotatable bonds is 6. The van der Waals surface area contributed by atoms with E-state index in [0.717, 1.165) is 39.6 Å². The summed E-state index contributed by atoms with van der Waals surface area (Å²) >= 11 is 0. The lowest BCUT2D eigenvalue weighted by Gasteiger charge is -2.10. The summed E-state index contributed by atoms with van der Waals surface area (Å²) in [7, 11) is 0. The molecule has 4 aromatic rings. The van der Waals surface area contributed by atoms with Crippen molar-refractivity contribution in [3.8, 4) is 33.9 Å². The Hall–Kier alpha value is -3.60. The van der Waals surface area contributed by atoms with Crippen molar-refractivity contribution >= 4 is 0 Å². The molecule has 0 aliphatic heterocycles. The zero-order valence-electron chi connectivity index (χ0n) is 14.9. The second-order valence-corrected chi connectivity index (χ2v) is 6.06. The van der Waals surface area contributed by atoms with Crippen molar-refractivity contribution in [1.29, 1.82) is 0 Å². The van der Waals surface area contributed by atoms with Crippen LogP contribution in [0.1, 0.15) is 5.69 Å². The summed E-state index contributed by atoms with van der Waals surface area (Å²) in [6.07, 6.45) is 3.57. The molecule has 0 aliphatic carbocycles. The minimum absolute atomic E-state index is 0.143. The van der Waals surface area contributed by atoms with Crippen molar-refractivity contribution in [2.75, 3.05) is 6.79 Å². The number of nitrogens with one attached hydrogen (secondary N) is 1. The number of aryl methyl sites for hydroxylation is 1. The van der Waals surface area contributed by atoms with Crippen LogP contribution in [0, 0.1) is 6.92 Å². The highest BCUT2D eigenvalue weighted by Crippen LogP contribution is 2.33. The molecule has 0 fully saturated rings. The van der Waals surface area contributed by atoms with E-state index in [1.807, 2.05) is 73.7 Å². The first-order valence-electron chi connectivity index (χ1n) is 8.68. The number of para-hydroxylation sites is 1. The predicted octanol–water partition coefficient (Wildman–Crippen LogP) is 4.86. The third kappa shape index (κ3) is 3.82. The van der Waals surface area contributed by atoms with Gasteiger partial charge in [0.15, 0.2) is 0 Å². The first-order valence-corrected chi connectivity index (χ1v) is 8.68. The molecule has 0 aliphatic rings.